The molecule has 0 aliphatic carbocycles. The van der Waals surface area contributed by atoms with Crippen molar-refractivity contribution in [3.8, 4) is 5.75 Å². The second-order valence-corrected chi connectivity index (χ2v) is 5.46. The average Bonchev–Trinajstić information content (AvgIpc) is 2.39. The van der Waals surface area contributed by atoms with Crippen molar-refractivity contribution in [2.75, 3.05) is 0 Å². The topological polar surface area (TPSA) is 35.2 Å². The molecule has 1 unspecified atom stereocenters. The fraction of sp³-hybridized carbons (Fsp3) is 0.200. The lowest BCUT2D eigenvalue weighted by Crippen LogP contribution is -2.18. The molecule has 0 aliphatic rings. The third kappa shape index (κ3) is 4.22. The third-order valence-corrected chi connectivity index (χ3v) is 3.88. The summed E-state index contributed by atoms with van der Waals surface area (Å²) in [6, 6.07) is 10.8. The van der Waals surface area contributed by atoms with E-state index in [2.05, 4.69) is 20.7 Å². The molecule has 21 heavy (non-hydrogen) atoms. The quantitative estimate of drug-likeness (QED) is 0.861. The van der Waals surface area contributed by atoms with Crippen LogP contribution >= 0.6 is 15.9 Å². The summed E-state index contributed by atoms with van der Waals surface area (Å²) in [6.07, 6.45) is -4.71. The van der Waals surface area contributed by atoms with Gasteiger partial charge in [0.15, 0.2) is 0 Å². The zero-order chi connectivity index (χ0) is 15.6. The minimum absolute atomic E-state index is 0.274. The second-order valence-electron chi connectivity index (χ2n) is 4.61. The zero-order valence-electron chi connectivity index (χ0n) is 11.1. The number of rotatable bonds is 3. The van der Waals surface area contributed by atoms with Gasteiger partial charge in [-0.15, -0.1) is 13.2 Å². The first-order chi connectivity index (χ1) is 9.76. The molecule has 0 spiro atoms. The number of aryl methyl sites for hydroxylation is 1. The van der Waals surface area contributed by atoms with E-state index in [4.69, 9.17) is 5.73 Å². The third-order valence-electron chi connectivity index (χ3n) is 2.99. The highest BCUT2D eigenvalue weighted by Gasteiger charge is 2.31. The van der Waals surface area contributed by atoms with E-state index in [0.717, 1.165) is 15.6 Å². The number of hydrogen-bond acceptors (Lipinski definition) is 2. The van der Waals surface area contributed by atoms with Gasteiger partial charge in [-0.1, -0.05) is 40.2 Å². The van der Waals surface area contributed by atoms with Crippen LogP contribution in [0.15, 0.2) is 46.9 Å². The highest BCUT2D eigenvalue weighted by Crippen LogP contribution is 2.28. The van der Waals surface area contributed by atoms with Crippen LogP contribution in [0.1, 0.15) is 22.7 Å². The molecule has 2 rings (SSSR count). The molecular formula is C15H13BrF3NO. The predicted molar refractivity (Wildman–Crippen MR) is 78.0 cm³/mol. The Labute approximate surface area is 128 Å². The predicted octanol–water partition coefficient (Wildman–Crippen LogP) is 4.70. The molecule has 6 heteroatoms. The standard InChI is InChI=1S/C15H13BrF3NO/c1-9-7-11(5-6-13(9)16)14(20)10-3-2-4-12(8-10)21-15(17,18)19/h2-8,14H,20H2,1H3. The van der Waals surface area contributed by atoms with Crippen molar-refractivity contribution >= 4 is 15.9 Å². The maximum Gasteiger partial charge on any atom is 0.573 e. The van der Waals surface area contributed by atoms with Gasteiger partial charge in [0.25, 0.3) is 0 Å². The van der Waals surface area contributed by atoms with Crippen molar-refractivity contribution in [1.29, 1.82) is 0 Å². The van der Waals surface area contributed by atoms with Gasteiger partial charge < -0.3 is 10.5 Å². The van der Waals surface area contributed by atoms with Crippen LogP contribution in [0.2, 0.25) is 0 Å². The lowest BCUT2D eigenvalue weighted by molar-refractivity contribution is -0.274. The molecule has 0 bridgehead atoms. The van der Waals surface area contributed by atoms with E-state index >= 15 is 0 Å². The smallest absolute Gasteiger partial charge is 0.406 e. The summed E-state index contributed by atoms with van der Waals surface area (Å²) >= 11 is 3.39. The Balaban J connectivity index is 2.28. The Kier molecular flexibility index (Phi) is 4.58. The Bertz CT molecular complexity index is 643. The number of alkyl halides is 3. The first-order valence-electron chi connectivity index (χ1n) is 6.13. The van der Waals surface area contributed by atoms with Crippen molar-refractivity contribution in [2.45, 2.75) is 19.3 Å². The minimum Gasteiger partial charge on any atom is -0.406 e. The molecule has 112 valence electrons. The molecule has 0 saturated carbocycles. The molecule has 0 aliphatic heterocycles. The molecule has 0 saturated heterocycles. The van der Waals surface area contributed by atoms with Crippen molar-refractivity contribution in [3.05, 3.63) is 63.6 Å². The Morgan fingerprint density at radius 2 is 1.76 bits per heavy atom. The number of nitrogens with two attached hydrogens (primary N) is 1. The van der Waals surface area contributed by atoms with E-state index in [1.165, 1.54) is 18.2 Å². The second kappa shape index (κ2) is 6.07. The summed E-state index contributed by atoms with van der Waals surface area (Å²) < 4.78 is 41.6. The first-order valence-corrected chi connectivity index (χ1v) is 6.93. The number of ether oxygens (including phenoxy) is 1. The molecule has 2 nitrogen and oxygen atoms in total. The van der Waals surface area contributed by atoms with E-state index in [0.29, 0.717) is 5.56 Å². The number of benzene rings is 2. The number of halogens is 4. The van der Waals surface area contributed by atoms with E-state index in [9.17, 15) is 13.2 Å². The highest BCUT2D eigenvalue weighted by atomic mass is 79.9. The van der Waals surface area contributed by atoms with Crippen molar-refractivity contribution in [1.82, 2.24) is 0 Å². The first kappa shape index (κ1) is 15.9. The monoisotopic (exact) mass is 359 g/mol. The fourth-order valence-electron chi connectivity index (χ4n) is 1.96. The van der Waals surface area contributed by atoms with Crippen LogP contribution in [0.3, 0.4) is 0 Å². The van der Waals surface area contributed by atoms with Crippen molar-refractivity contribution in [2.24, 2.45) is 5.73 Å². The molecule has 0 aromatic heterocycles. The van der Waals surface area contributed by atoms with Gasteiger partial charge in [0, 0.05) is 4.47 Å². The molecule has 1 atom stereocenters. The zero-order valence-corrected chi connectivity index (χ0v) is 12.7. The lowest BCUT2D eigenvalue weighted by atomic mass is 9.98. The Morgan fingerprint density at radius 1 is 1.10 bits per heavy atom. The van der Waals surface area contributed by atoms with Crippen molar-refractivity contribution < 1.29 is 17.9 Å². The van der Waals surface area contributed by atoms with Crippen LogP contribution < -0.4 is 10.5 Å². The van der Waals surface area contributed by atoms with Crippen LogP contribution in [-0.2, 0) is 0 Å². The van der Waals surface area contributed by atoms with Crippen LogP contribution in [0.5, 0.6) is 5.75 Å². The van der Waals surface area contributed by atoms with Crippen LogP contribution in [0, 0.1) is 6.92 Å². The molecule has 0 fully saturated rings. The molecule has 0 amide bonds. The van der Waals surface area contributed by atoms with Gasteiger partial charge in [-0.25, -0.2) is 0 Å². The van der Waals surface area contributed by atoms with Gasteiger partial charge in [-0.05, 0) is 41.8 Å². The Morgan fingerprint density at radius 3 is 2.38 bits per heavy atom. The lowest BCUT2D eigenvalue weighted by Gasteiger charge is -2.16. The molecule has 2 aromatic rings. The van der Waals surface area contributed by atoms with E-state index in [-0.39, 0.29) is 5.75 Å². The molecular weight excluding hydrogens is 347 g/mol. The summed E-state index contributed by atoms with van der Waals surface area (Å²) in [4.78, 5) is 0. The summed E-state index contributed by atoms with van der Waals surface area (Å²) in [6.45, 7) is 1.92. The average molecular weight is 360 g/mol. The maximum atomic E-state index is 12.2. The molecule has 2 N–H and O–H groups in total. The molecule has 2 aromatic carbocycles. The van der Waals surface area contributed by atoms with E-state index < -0.39 is 12.4 Å². The highest BCUT2D eigenvalue weighted by molar-refractivity contribution is 9.10. The fourth-order valence-corrected chi connectivity index (χ4v) is 2.21. The summed E-state index contributed by atoms with van der Waals surface area (Å²) in [5.74, 6) is -0.274. The van der Waals surface area contributed by atoms with Gasteiger partial charge in [0.2, 0.25) is 0 Å². The van der Waals surface area contributed by atoms with Gasteiger partial charge in [-0.3, -0.25) is 0 Å². The van der Waals surface area contributed by atoms with Crippen molar-refractivity contribution in [3.63, 3.8) is 0 Å². The van der Waals surface area contributed by atoms with Gasteiger partial charge in [0.05, 0.1) is 6.04 Å². The van der Waals surface area contributed by atoms with E-state index in [1.54, 1.807) is 6.07 Å². The molecule has 0 heterocycles. The summed E-state index contributed by atoms with van der Waals surface area (Å²) in [5, 5.41) is 0. The van der Waals surface area contributed by atoms with Gasteiger partial charge in [-0.2, -0.15) is 0 Å². The SMILES string of the molecule is Cc1cc(C(N)c2cccc(OC(F)(F)F)c2)ccc1Br. The summed E-state index contributed by atoms with van der Waals surface area (Å²) in [7, 11) is 0. The largest absolute Gasteiger partial charge is 0.573 e. The maximum absolute atomic E-state index is 12.2. The molecule has 0 radical (unpaired) electrons. The van der Waals surface area contributed by atoms with Crippen LogP contribution in [-0.4, -0.2) is 6.36 Å². The minimum atomic E-state index is -4.71. The van der Waals surface area contributed by atoms with Gasteiger partial charge >= 0.3 is 6.36 Å². The number of hydrogen-bond donors (Lipinski definition) is 1. The van der Waals surface area contributed by atoms with Crippen LogP contribution in [0.25, 0.3) is 0 Å². The van der Waals surface area contributed by atoms with Gasteiger partial charge in [0.1, 0.15) is 5.75 Å². The van der Waals surface area contributed by atoms with Crippen LogP contribution in [0.4, 0.5) is 13.2 Å². The summed E-state index contributed by atoms with van der Waals surface area (Å²) in [5.41, 5.74) is 8.49. The normalized spacial score (nSPS) is 13.0. The Hall–Kier alpha value is -1.53. The van der Waals surface area contributed by atoms with E-state index in [1.807, 2.05) is 25.1 Å².